The molecule has 0 radical (unpaired) electrons. The molecule has 0 amide bonds. The van der Waals surface area contributed by atoms with E-state index in [1.807, 2.05) is 37.3 Å². The Morgan fingerprint density at radius 2 is 1.69 bits per heavy atom. The van der Waals surface area contributed by atoms with Gasteiger partial charge >= 0.3 is 0 Å². The van der Waals surface area contributed by atoms with Gasteiger partial charge in [-0.2, -0.15) is 0 Å². The molecule has 0 unspecified atom stereocenters. The van der Waals surface area contributed by atoms with Crippen LogP contribution in [0.5, 0.6) is 0 Å². The van der Waals surface area contributed by atoms with Crippen molar-refractivity contribution in [2.75, 3.05) is 0 Å². The molecule has 0 fully saturated rings. The van der Waals surface area contributed by atoms with Crippen LogP contribution in [0, 0.1) is 6.92 Å². The maximum atomic E-state index is 11.8. The number of benzene rings is 1. The molecule has 0 atom stereocenters. The lowest BCUT2D eigenvalue weighted by Crippen LogP contribution is -2.26. The maximum absolute atomic E-state index is 11.8. The van der Waals surface area contributed by atoms with Gasteiger partial charge < -0.3 is 5.10 Å². The van der Waals surface area contributed by atoms with Crippen molar-refractivity contribution in [2.24, 2.45) is 0 Å². The number of aromatic amines is 2. The summed E-state index contributed by atoms with van der Waals surface area (Å²) < 4.78 is 0. The lowest BCUT2D eigenvalue weighted by Gasteiger charge is -2.24. The molecule has 2 rings (SSSR count). The fourth-order valence-electron chi connectivity index (χ4n) is 2.20. The molecular weight excluding hydrogens is 200 g/mol. The summed E-state index contributed by atoms with van der Waals surface area (Å²) in [5.41, 5.74) is 2.53. The molecule has 1 aromatic heterocycles. The molecule has 0 aliphatic rings. The van der Waals surface area contributed by atoms with Crippen LogP contribution in [0.15, 0.2) is 35.1 Å². The molecule has 2 N–H and O–H groups in total. The second-order valence-corrected chi connectivity index (χ2v) is 4.57. The summed E-state index contributed by atoms with van der Waals surface area (Å²) >= 11 is 0. The van der Waals surface area contributed by atoms with E-state index >= 15 is 0 Å². The van der Waals surface area contributed by atoms with E-state index in [-0.39, 0.29) is 11.0 Å². The molecule has 0 aliphatic heterocycles. The number of hydrogen-bond acceptors (Lipinski definition) is 1. The van der Waals surface area contributed by atoms with Crippen LogP contribution in [0.1, 0.15) is 30.7 Å². The van der Waals surface area contributed by atoms with Crippen LogP contribution in [0.2, 0.25) is 0 Å². The van der Waals surface area contributed by atoms with E-state index in [9.17, 15) is 4.79 Å². The molecular formula is C13H16N2O. The van der Waals surface area contributed by atoms with Crippen LogP contribution in [0.25, 0.3) is 0 Å². The summed E-state index contributed by atoms with van der Waals surface area (Å²) in [5.74, 6) is 0. The molecule has 3 heteroatoms. The van der Waals surface area contributed by atoms with E-state index in [2.05, 4.69) is 24.0 Å². The lowest BCUT2D eigenvalue weighted by atomic mass is 9.78. The minimum Gasteiger partial charge on any atom is -0.302 e. The first-order valence-corrected chi connectivity index (χ1v) is 5.36. The van der Waals surface area contributed by atoms with Gasteiger partial charge in [-0.05, 0) is 12.5 Å². The molecule has 84 valence electrons. The summed E-state index contributed by atoms with van der Waals surface area (Å²) in [6, 6.07) is 10.1. The monoisotopic (exact) mass is 216 g/mol. The quantitative estimate of drug-likeness (QED) is 0.795. The first-order chi connectivity index (χ1) is 7.53. The second-order valence-electron chi connectivity index (χ2n) is 4.57. The average molecular weight is 216 g/mol. The van der Waals surface area contributed by atoms with Crippen LogP contribution >= 0.6 is 0 Å². The van der Waals surface area contributed by atoms with Gasteiger partial charge in [0, 0.05) is 16.7 Å². The van der Waals surface area contributed by atoms with Crippen LogP contribution in [-0.2, 0) is 5.41 Å². The van der Waals surface area contributed by atoms with Crippen LogP contribution in [0.3, 0.4) is 0 Å². The number of aryl methyl sites for hydroxylation is 1. The zero-order valence-corrected chi connectivity index (χ0v) is 9.79. The van der Waals surface area contributed by atoms with E-state index in [0.29, 0.717) is 0 Å². The zero-order valence-electron chi connectivity index (χ0n) is 9.79. The van der Waals surface area contributed by atoms with E-state index in [4.69, 9.17) is 0 Å². The topological polar surface area (TPSA) is 48.6 Å². The minimum atomic E-state index is -0.279. The van der Waals surface area contributed by atoms with Gasteiger partial charge in [0.15, 0.2) is 0 Å². The van der Waals surface area contributed by atoms with E-state index in [1.165, 1.54) is 0 Å². The Balaban J connectivity index is 2.60. The third-order valence-electron chi connectivity index (χ3n) is 3.09. The van der Waals surface area contributed by atoms with Crippen molar-refractivity contribution >= 4 is 0 Å². The van der Waals surface area contributed by atoms with Gasteiger partial charge in [-0.25, -0.2) is 0 Å². The number of hydrogen-bond donors (Lipinski definition) is 2. The smallest absolute Gasteiger partial charge is 0.268 e. The normalized spacial score (nSPS) is 11.7. The summed E-state index contributed by atoms with van der Waals surface area (Å²) in [4.78, 5) is 11.8. The van der Waals surface area contributed by atoms with Gasteiger partial charge in [0.25, 0.3) is 5.56 Å². The Labute approximate surface area is 94.5 Å². The van der Waals surface area contributed by atoms with Crippen LogP contribution in [0.4, 0.5) is 0 Å². The average Bonchev–Trinajstić information content (AvgIpc) is 2.60. The SMILES string of the molecule is Cc1[nH][nH]c(=O)c1C(C)(C)c1ccccc1. The largest absolute Gasteiger partial charge is 0.302 e. The van der Waals surface area contributed by atoms with Crippen LogP contribution in [-0.4, -0.2) is 10.2 Å². The molecule has 0 spiro atoms. The van der Waals surface area contributed by atoms with E-state index in [0.717, 1.165) is 16.8 Å². The molecule has 0 saturated carbocycles. The second kappa shape index (κ2) is 3.67. The molecule has 16 heavy (non-hydrogen) atoms. The first-order valence-electron chi connectivity index (χ1n) is 5.36. The minimum absolute atomic E-state index is 0.0358. The summed E-state index contributed by atoms with van der Waals surface area (Å²) in [5, 5.41) is 5.51. The summed E-state index contributed by atoms with van der Waals surface area (Å²) in [6.45, 7) is 6.04. The number of rotatable bonds is 2. The van der Waals surface area contributed by atoms with Crippen molar-refractivity contribution in [3.8, 4) is 0 Å². The molecule has 0 bridgehead atoms. The van der Waals surface area contributed by atoms with Crippen molar-refractivity contribution < 1.29 is 0 Å². The lowest BCUT2D eigenvalue weighted by molar-refractivity contribution is 0.631. The Kier molecular flexibility index (Phi) is 2.46. The highest BCUT2D eigenvalue weighted by atomic mass is 16.1. The standard InChI is InChI=1S/C13H16N2O/c1-9-11(12(16)15-14-9)13(2,3)10-7-5-4-6-8-10/h4-8H,1-3H3,(H2,14,15,16). The fraction of sp³-hybridized carbons (Fsp3) is 0.308. The van der Waals surface area contributed by atoms with E-state index in [1.54, 1.807) is 0 Å². The molecule has 0 saturated heterocycles. The molecule has 3 nitrogen and oxygen atoms in total. The van der Waals surface area contributed by atoms with Crippen molar-refractivity contribution in [3.63, 3.8) is 0 Å². The number of H-pyrrole nitrogens is 2. The maximum Gasteiger partial charge on any atom is 0.268 e. The van der Waals surface area contributed by atoms with Crippen molar-refractivity contribution in [3.05, 3.63) is 57.5 Å². The highest BCUT2D eigenvalue weighted by Gasteiger charge is 2.28. The third-order valence-corrected chi connectivity index (χ3v) is 3.09. The highest BCUT2D eigenvalue weighted by Crippen LogP contribution is 2.30. The van der Waals surface area contributed by atoms with Gasteiger partial charge in [0.05, 0.1) is 0 Å². The zero-order chi connectivity index (χ0) is 11.8. The Bertz CT molecular complexity index is 535. The van der Waals surface area contributed by atoms with Gasteiger partial charge in [-0.15, -0.1) is 0 Å². The van der Waals surface area contributed by atoms with Crippen LogP contribution < -0.4 is 5.56 Å². The Hall–Kier alpha value is -1.77. The first kappa shape index (κ1) is 10.7. The Morgan fingerprint density at radius 1 is 1.06 bits per heavy atom. The van der Waals surface area contributed by atoms with Gasteiger partial charge in [-0.3, -0.25) is 9.89 Å². The van der Waals surface area contributed by atoms with Crippen molar-refractivity contribution in [2.45, 2.75) is 26.2 Å². The summed E-state index contributed by atoms with van der Waals surface area (Å²) in [6.07, 6.45) is 0. The number of nitrogens with one attached hydrogen (secondary N) is 2. The predicted octanol–water partition coefficient (Wildman–Crippen LogP) is 2.34. The van der Waals surface area contributed by atoms with Gasteiger partial charge in [0.2, 0.25) is 0 Å². The van der Waals surface area contributed by atoms with Gasteiger partial charge in [0.1, 0.15) is 0 Å². The van der Waals surface area contributed by atoms with Crippen molar-refractivity contribution in [1.82, 2.24) is 10.2 Å². The molecule has 1 aromatic carbocycles. The predicted molar refractivity (Wildman–Crippen MR) is 64.7 cm³/mol. The molecule has 0 aliphatic carbocycles. The molecule has 2 aromatic rings. The fourth-order valence-corrected chi connectivity index (χ4v) is 2.20. The summed E-state index contributed by atoms with van der Waals surface area (Å²) in [7, 11) is 0. The van der Waals surface area contributed by atoms with E-state index < -0.39 is 0 Å². The number of aromatic nitrogens is 2. The van der Waals surface area contributed by atoms with Crippen molar-refractivity contribution in [1.29, 1.82) is 0 Å². The highest BCUT2D eigenvalue weighted by molar-refractivity contribution is 5.37. The van der Waals surface area contributed by atoms with Gasteiger partial charge in [-0.1, -0.05) is 44.2 Å². The molecule has 1 heterocycles. The third kappa shape index (κ3) is 1.58. The Morgan fingerprint density at radius 3 is 2.19 bits per heavy atom.